The van der Waals surface area contributed by atoms with Gasteiger partial charge >= 0.3 is 11.7 Å². The van der Waals surface area contributed by atoms with E-state index in [2.05, 4.69) is 9.97 Å². The summed E-state index contributed by atoms with van der Waals surface area (Å²) >= 11 is 0. The average molecular weight is 267 g/mol. The highest BCUT2D eigenvalue weighted by molar-refractivity contribution is 5.83. The Kier molecular flexibility index (Phi) is 5.87. The molecule has 0 atom stereocenters. The number of carbonyl (C=O) groups excluding carboxylic acids is 1. The van der Waals surface area contributed by atoms with Crippen LogP contribution in [0.4, 0.5) is 0 Å². The van der Waals surface area contributed by atoms with Crippen LogP contribution in [0.25, 0.3) is 0 Å². The van der Waals surface area contributed by atoms with Gasteiger partial charge in [-0.05, 0) is 24.8 Å². The van der Waals surface area contributed by atoms with Crippen molar-refractivity contribution in [3.63, 3.8) is 0 Å². The number of aliphatic carboxylic acids is 1. The van der Waals surface area contributed by atoms with E-state index in [9.17, 15) is 14.4 Å². The van der Waals surface area contributed by atoms with Crippen molar-refractivity contribution in [2.45, 2.75) is 31.6 Å². The molecule has 7 nitrogen and oxygen atoms in total. The summed E-state index contributed by atoms with van der Waals surface area (Å²) in [5.74, 6) is -0.565. The van der Waals surface area contributed by atoms with Gasteiger partial charge in [0.15, 0.2) is 0 Å². The second-order valence-electron chi connectivity index (χ2n) is 4.24. The number of Topliss-reactive ketones (excluding diaryl/α,β-unsaturated/α-hetero) is 1. The molecule has 0 saturated heterocycles. The topological polar surface area (TPSA) is 126 Å². The molecule has 0 spiro atoms. The third kappa shape index (κ3) is 6.46. The maximum atomic E-state index is 10.7. The summed E-state index contributed by atoms with van der Waals surface area (Å²) in [6, 6.07) is 1.87. The molecule has 1 saturated carbocycles. The minimum absolute atomic E-state index is 0.0475. The molecule has 2 rings (SSSR count). The highest BCUT2D eigenvalue weighted by Crippen LogP contribution is 2.38. The van der Waals surface area contributed by atoms with Gasteiger partial charge in [0.2, 0.25) is 0 Å². The van der Waals surface area contributed by atoms with Crippen molar-refractivity contribution in [1.82, 2.24) is 9.97 Å². The molecular weight excluding hydrogens is 250 g/mol. The molecule has 104 valence electrons. The Balaban J connectivity index is 0.000000192. The fourth-order valence-corrected chi connectivity index (χ4v) is 1.36. The van der Waals surface area contributed by atoms with Gasteiger partial charge in [-0.15, -0.1) is 0 Å². The van der Waals surface area contributed by atoms with Gasteiger partial charge in [-0.25, -0.2) is 9.78 Å². The fraction of sp³-hybridized carbons (Fsp3) is 0.500. The Hall–Kier alpha value is -2.02. The van der Waals surface area contributed by atoms with Crippen molar-refractivity contribution in [2.75, 3.05) is 6.54 Å². The Morgan fingerprint density at radius 1 is 1.42 bits per heavy atom. The summed E-state index contributed by atoms with van der Waals surface area (Å²) in [4.78, 5) is 37.1. The number of aromatic nitrogens is 2. The second kappa shape index (κ2) is 7.42. The van der Waals surface area contributed by atoms with E-state index in [0.717, 1.165) is 5.69 Å². The number of hydrogen-bond acceptors (Lipinski definition) is 5. The quantitative estimate of drug-likeness (QED) is 0.690. The van der Waals surface area contributed by atoms with Gasteiger partial charge in [-0.3, -0.25) is 9.59 Å². The smallest absolute Gasteiger partial charge is 0.345 e. The molecule has 1 aliphatic rings. The average Bonchev–Trinajstić information content (AvgIpc) is 3.21. The van der Waals surface area contributed by atoms with Gasteiger partial charge in [0.25, 0.3) is 0 Å². The molecule has 1 aliphatic carbocycles. The highest BCUT2D eigenvalue weighted by atomic mass is 16.4. The molecule has 0 aliphatic heterocycles. The van der Waals surface area contributed by atoms with Crippen molar-refractivity contribution in [2.24, 2.45) is 5.73 Å². The standard InChI is InChI=1S/C7H8N2O.C5H9NO3/c10-7-8-4-3-6(9-7)5-1-2-5;6-3-4(7)1-2-5(8)9/h3-5H,1-2H2,(H,8,9,10);1-3,6H2,(H,8,9). The van der Waals surface area contributed by atoms with Gasteiger partial charge in [-0.2, -0.15) is 0 Å². The van der Waals surface area contributed by atoms with Gasteiger partial charge < -0.3 is 15.8 Å². The zero-order valence-electron chi connectivity index (χ0n) is 10.5. The Morgan fingerprint density at radius 2 is 2.11 bits per heavy atom. The van der Waals surface area contributed by atoms with Crippen LogP contribution in [0.2, 0.25) is 0 Å². The summed E-state index contributed by atoms with van der Waals surface area (Å²) in [5, 5.41) is 8.06. The van der Waals surface area contributed by atoms with Crippen LogP contribution in [0, 0.1) is 0 Å². The van der Waals surface area contributed by atoms with E-state index in [1.807, 2.05) is 6.07 Å². The number of nitrogens with zero attached hydrogens (tertiary/aromatic N) is 1. The van der Waals surface area contributed by atoms with Crippen molar-refractivity contribution in [1.29, 1.82) is 0 Å². The lowest BCUT2D eigenvalue weighted by Crippen LogP contribution is -2.14. The first-order valence-electron chi connectivity index (χ1n) is 6.01. The second-order valence-corrected chi connectivity index (χ2v) is 4.24. The SMILES string of the molecule is NCC(=O)CCC(=O)O.O=c1nccc(C2CC2)[nH]1. The first-order valence-corrected chi connectivity index (χ1v) is 6.01. The zero-order chi connectivity index (χ0) is 14.3. The largest absolute Gasteiger partial charge is 0.481 e. The van der Waals surface area contributed by atoms with E-state index in [1.54, 1.807) is 6.20 Å². The molecule has 0 aromatic carbocycles. The van der Waals surface area contributed by atoms with Crippen LogP contribution in [0.3, 0.4) is 0 Å². The first kappa shape index (κ1) is 15.0. The summed E-state index contributed by atoms with van der Waals surface area (Å²) in [7, 11) is 0. The maximum absolute atomic E-state index is 10.7. The normalized spacial score (nSPS) is 13.3. The van der Waals surface area contributed by atoms with E-state index in [-0.39, 0.29) is 30.9 Å². The van der Waals surface area contributed by atoms with E-state index in [1.165, 1.54) is 12.8 Å². The molecule has 0 unspecified atom stereocenters. The lowest BCUT2D eigenvalue weighted by Gasteiger charge is -1.92. The first-order chi connectivity index (χ1) is 9.02. The predicted molar refractivity (Wildman–Crippen MR) is 67.8 cm³/mol. The van der Waals surface area contributed by atoms with Gasteiger partial charge in [0.1, 0.15) is 5.78 Å². The van der Waals surface area contributed by atoms with Crippen molar-refractivity contribution in [3.8, 4) is 0 Å². The van der Waals surface area contributed by atoms with Crippen LogP contribution in [0.5, 0.6) is 0 Å². The van der Waals surface area contributed by atoms with Crippen molar-refractivity contribution >= 4 is 11.8 Å². The summed E-state index contributed by atoms with van der Waals surface area (Å²) < 4.78 is 0. The van der Waals surface area contributed by atoms with Gasteiger partial charge in [-0.1, -0.05) is 0 Å². The monoisotopic (exact) mass is 267 g/mol. The Morgan fingerprint density at radius 3 is 2.58 bits per heavy atom. The van der Waals surface area contributed by atoms with Crippen LogP contribution in [-0.2, 0) is 9.59 Å². The number of carboxylic acid groups (broad SMARTS) is 1. The van der Waals surface area contributed by atoms with Gasteiger partial charge in [0, 0.05) is 18.3 Å². The molecule has 7 heteroatoms. The molecule has 0 radical (unpaired) electrons. The minimum atomic E-state index is -0.961. The molecular formula is C12H17N3O4. The molecule has 4 N–H and O–H groups in total. The Bertz CT molecular complexity index is 494. The third-order valence-electron chi connectivity index (χ3n) is 2.56. The third-order valence-corrected chi connectivity index (χ3v) is 2.56. The molecule has 19 heavy (non-hydrogen) atoms. The highest BCUT2D eigenvalue weighted by Gasteiger charge is 2.23. The lowest BCUT2D eigenvalue weighted by atomic mass is 10.2. The van der Waals surface area contributed by atoms with E-state index in [0.29, 0.717) is 5.92 Å². The Labute approximate surface area is 109 Å². The number of carboxylic acids is 1. The van der Waals surface area contributed by atoms with Crippen molar-refractivity contribution < 1.29 is 14.7 Å². The molecule has 1 aromatic rings. The number of carbonyl (C=O) groups is 2. The van der Waals surface area contributed by atoms with E-state index in [4.69, 9.17) is 10.8 Å². The predicted octanol–water partition coefficient (Wildman–Crippen LogP) is 0.0263. The number of ketones is 1. The minimum Gasteiger partial charge on any atom is -0.481 e. The molecule has 0 amide bonds. The lowest BCUT2D eigenvalue weighted by molar-refractivity contribution is -0.138. The maximum Gasteiger partial charge on any atom is 0.345 e. The number of aromatic amines is 1. The van der Waals surface area contributed by atoms with Crippen LogP contribution >= 0.6 is 0 Å². The zero-order valence-corrected chi connectivity index (χ0v) is 10.5. The molecule has 0 bridgehead atoms. The number of rotatable bonds is 5. The number of nitrogens with one attached hydrogen (secondary N) is 1. The van der Waals surface area contributed by atoms with Crippen LogP contribution in [0.15, 0.2) is 17.1 Å². The molecule has 1 fully saturated rings. The molecule has 1 heterocycles. The summed E-state index contributed by atoms with van der Waals surface area (Å²) in [6.45, 7) is -0.0622. The van der Waals surface area contributed by atoms with Crippen LogP contribution < -0.4 is 11.4 Å². The number of nitrogens with two attached hydrogens (primary N) is 1. The van der Waals surface area contributed by atoms with Gasteiger partial charge in [0.05, 0.1) is 13.0 Å². The van der Waals surface area contributed by atoms with E-state index < -0.39 is 5.97 Å². The number of H-pyrrole nitrogens is 1. The van der Waals surface area contributed by atoms with Crippen molar-refractivity contribution in [3.05, 3.63) is 28.4 Å². The number of hydrogen-bond donors (Lipinski definition) is 3. The fourth-order valence-electron chi connectivity index (χ4n) is 1.36. The summed E-state index contributed by atoms with van der Waals surface area (Å²) in [5.41, 5.74) is 5.73. The summed E-state index contributed by atoms with van der Waals surface area (Å²) in [6.07, 6.45) is 3.91. The van der Waals surface area contributed by atoms with Crippen LogP contribution in [-0.4, -0.2) is 33.4 Å². The molecule has 1 aromatic heterocycles. The van der Waals surface area contributed by atoms with Crippen LogP contribution in [0.1, 0.15) is 37.3 Å². The van der Waals surface area contributed by atoms with E-state index >= 15 is 0 Å².